The van der Waals surface area contributed by atoms with E-state index in [2.05, 4.69) is 64.6 Å². The van der Waals surface area contributed by atoms with Crippen molar-refractivity contribution < 1.29 is 0 Å². The summed E-state index contributed by atoms with van der Waals surface area (Å²) < 4.78 is 0. The Morgan fingerprint density at radius 3 is 2.57 bits per heavy atom. The summed E-state index contributed by atoms with van der Waals surface area (Å²) in [6.07, 6.45) is 6.23. The number of nitrogens with zero attached hydrogens (tertiary/aromatic N) is 3. The van der Waals surface area contributed by atoms with Crippen molar-refractivity contribution in [2.45, 2.75) is 64.6 Å². The molecule has 1 atom stereocenters. The van der Waals surface area contributed by atoms with Crippen molar-refractivity contribution >= 4 is 5.96 Å². The van der Waals surface area contributed by atoms with Crippen molar-refractivity contribution in [2.24, 2.45) is 4.99 Å². The Hall–Kier alpha value is -1.59. The van der Waals surface area contributed by atoms with Crippen molar-refractivity contribution in [3.8, 4) is 0 Å². The molecule has 2 aliphatic heterocycles. The van der Waals surface area contributed by atoms with E-state index in [1.54, 1.807) is 0 Å². The fraction of sp³-hybridized carbons (Fsp3) is 0.696. The van der Waals surface area contributed by atoms with Crippen molar-refractivity contribution in [3.05, 3.63) is 35.9 Å². The van der Waals surface area contributed by atoms with Gasteiger partial charge in [0.15, 0.2) is 5.96 Å². The second-order valence-electron chi connectivity index (χ2n) is 8.23. The summed E-state index contributed by atoms with van der Waals surface area (Å²) in [5, 5.41) is 7.16. The maximum absolute atomic E-state index is 4.98. The van der Waals surface area contributed by atoms with E-state index in [1.807, 2.05) is 0 Å². The number of rotatable bonds is 8. The Balaban J connectivity index is 1.50. The Kier molecular flexibility index (Phi) is 8.62. The fourth-order valence-electron chi connectivity index (χ4n) is 4.46. The molecule has 2 fully saturated rings. The third kappa shape index (κ3) is 6.49. The highest BCUT2D eigenvalue weighted by molar-refractivity contribution is 5.80. The van der Waals surface area contributed by atoms with E-state index >= 15 is 0 Å². The number of piperidine rings is 1. The molecule has 5 heteroatoms. The molecule has 0 amide bonds. The molecule has 3 rings (SSSR count). The first-order valence-electron chi connectivity index (χ1n) is 11.3. The van der Waals surface area contributed by atoms with Gasteiger partial charge in [0.25, 0.3) is 0 Å². The van der Waals surface area contributed by atoms with Crippen LogP contribution in [0, 0.1) is 0 Å². The second kappa shape index (κ2) is 11.4. The average Bonchev–Trinajstić information content (AvgIpc) is 3.16. The molecule has 0 aromatic heterocycles. The van der Waals surface area contributed by atoms with Gasteiger partial charge in [0.2, 0.25) is 0 Å². The first-order valence-corrected chi connectivity index (χ1v) is 11.3. The molecule has 0 saturated carbocycles. The number of guanidine groups is 1. The first kappa shape index (κ1) is 21.1. The number of hydrogen-bond acceptors (Lipinski definition) is 3. The molecule has 0 bridgehead atoms. The van der Waals surface area contributed by atoms with Gasteiger partial charge in [-0.2, -0.15) is 0 Å². The van der Waals surface area contributed by atoms with Crippen LogP contribution in [0.1, 0.15) is 51.5 Å². The molecule has 156 valence electrons. The van der Waals surface area contributed by atoms with E-state index < -0.39 is 0 Å². The molecule has 2 saturated heterocycles. The first-order chi connectivity index (χ1) is 13.8. The van der Waals surface area contributed by atoms with Crippen LogP contribution in [0.15, 0.2) is 35.3 Å². The van der Waals surface area contributed by atoms with Gasteiger partial charge in [0.1, 0.15) is 0 Å². The zero-order chi connectivity index (χ0) is 19.6. The van der Waals surface area contributed by atoms with Gasteiger partial charge in [-0.1, -0.05) is 37.3 Å². The van der Waals surface area contributed by atoms with Crippen LogP contribution in [0.2, 0.25) is 0 Å². The SMILES string of the molecule is CCCN1CCC(NC(=NCC2CCCN2Cc2ccccc2)NCC)CC1. The van der Waals surface area contributed by atoms with Crippen LogP contribution >= 0.6 is 0 Å². The van der Waals surface area contributed by atoms with Crippen molar-refractivity contribution in [3.63, 3.8) is 0 Å². The van der Waals surface area contributed by atoms with Gasteiger partial charge in [-0.05, 0) is 57.7 Å². The Morgan fingerprint density at radius 2 is 1.86 bits per heavy atom. The van der Waals surface area contributed by atoms with Gasteiger partial charge in [0.05, 0.1) is 6.54 Å². The molecule has 2 N–H and O–H groups in total. The zero-order valence-corrected chi connectivity index (χ0v) is 17.9. The van der Waals surface area contributed by atoms with E-state index in [1.165, 1.54) is 63.8 Å². The lowest BCUT2D eigenvalue weighted by molar-refractivity contribution is 0.206. The van der Waals surface area contributed by atoms with Gasteiger partial charge < -0.3 is 15.5 Å². The molecule has 0 spiro atoms. The van der Waals surface area contributed by atoms with Crippen LogP contribution in [0.3, 0.4) is 0 Å². The molecule has 2 heterocycles. The molecule has 1 unspecified atom stereocenters. The largest absolute Gasteiger partial charge is 0.357 e. The maximum atomic E-state index is 4.98. The van der Waals surface area contributed by atoms with E-state index in [-0.39, 0.29) is 0 Å². The second-order valence-corrected chi connectivity index (χ2v) is 8.23. The van der Waals surface area contributed by atoms with Crippen molar-refractivity contribution in [2.75, 3.05) is 39.3 Å². The normalized spacial score (nSPS) is 22.5. The van der Waals surface area contributed by atoms with Gasteiger partial charge >= 0.3 is 0 Å². The Bertz CT molecular complexity index is 580. The van der Waals surface area contributed by atoms with E-state index in [9.17, 15) is 0 Å². The Morgan fingerprint density at radius 1 is 1.07 bits per heavy atom. The minimum atomic E-state index is 0.551. The third-order valence-electron chi connectivity index (χ3n) is 6.00. The molecule has 0 aliphatic carbocycles. The average molecular weight is 386 g/mol. The summed E-state index contributed by atoms with van der Waals surface area (Å²) in [4.78, 5) is 10.2. The topological polar surface area (TPSA) is 42.9 Å². The lowest BCUT2D eigenvalue weighted by Gasteiger charge is -2.33. The van der Waals surface area contributed by atoms with Crippen LogP contribution in [0.25, 0.3) is 0 Å². The van der Waals surface area contributed by atoms with Crippen LogP contribution in [0.5, 0.6) is 0 Å². The van der Waals surface area contributed by atoms with Crippen LogP contribution in [0.4, 0.5) is 0 Å². The summed E-state index contributed by atoms with van der Waals surface area (Å²) in [5.41, 5.74) is 1.40. The minimum Gasteiger partial charge on any atom is -0.357 e. The number of benzene rings is 1. The molecule has 5 nitrogen and oxygen atoms in total. The Labute approximate surface area is 171 Å². The summed E-state index contributed by atoms with van der Waals surface area (Å²) in [6, 6.07) is 11.9. The smallest absolute Gasteiger partial charge is 0.191 e. The highest BCUT2D eigenvalue weighted by Crippen LogP contribution is 2.20. The summed E-state index contributed by atoms with van der Waals surface area (Å²) in [7, 11) is 0. The highest BCUT2D eigenvalue weighted by atomic mass is 15.2. The van der Waals surface area contributed by atoms with Crippen molar-refractivity contribution in [1.82, 2.24) is 20.4 Å². The van der Waals surface area contributed by atoms with E-state index in [0.29, 0.717) is 12.1 Å². The molecule has 28 heavy (non-hydrogen) atoms. The highest BCUT2D eigenvalue weighted by Gasteiger charge is 2.25. The standard InChI is InChI=1S/C23H39N5/c1-3-14-27-16-12-21(13-17-27)26-23(24-4-2)25-18-22-11-8-15-28(22)19-20-9-6-5-7-10-20/h5-7,9-10,21-22H,3-4,8,11-19H2,1-2H3,(H2,24,25,26). The maximum Gasteiger partial charge on any atom is 0.191 e. The summed E-state index contributed by atoms with van der Waals surface area (Å²) in [6.45, 7) is 12.1. The zero-order valence-electron chi connectivity index (χ0n) is 17.9. The lowest BCUT2D eigenvalue weighted by atomic mass is 10.1. The summed E-state index contributed by atoms with van der Waals surface area (Å²) >= 11 is 0. The van der Waals surface area contributed by atoms with E-state index in [0.717, 1.165) is 25.6 Å². The number of hydrogen-bond donors (Lipinski definition) is 2. The number of aliphatic imine (C=N–C) groups is 1. The molecule has 2 aliphatic rings. The van der Waals surface area contributed by atoms with E-state index in [4.69, 9.17) is 4.99 Å². The van der Waals surface area contributed by atoms with Gasteiger partial charge in [0, 0.05) is 38.3 Å². The van der Waals surface area contributed by atoms with Crippen LogP contribution < -0.4 is 10.6 Å². The minimum absolute atomic E-state index is 0.551. The fourth-order valence-corrected chi connectivity index (χ4v) is 4.46. The van der Waals surface area contributed by atoms with Crippen LogP contribution in [-0.4, -0.2) is 67.1 Å². The molecular weight excluding hydrogens is 346 g/mol. The predicted octanol–water partition coefficient (Wildman–Crippen LogP) is 3.08. The van der Waals surface area contributed by atoms with Gasteiger partial charge in [-0.3, -0.25) is 9.89 Å². The monoisotopic (exact) mass is 385 g/mol. The van der Waals surface area contributed by atoms with Gasteiger partial charge in [-0.25, -0.2) is 0 Å². The third-order valence-corrected chi connectivity index (χ3v) is 6.00. The van der Waals surface area contributed by atoms with Crippen molar-refractivity contribution in [1.29, 1.82) is 0 Å². The molecule has 1 aromatic rings. The number of likely N-dealkylation sites (tertiary alicyclic amines) is 2. The lowest BCUT2D eigenvalue weighted by Crippen LogP contribution is -2.49. The molecule has 0 radical (unpaired) electrons. The molecule has 1 aromatic carbocycles. The number of nitrogens with one attached hydrogen (secondary N) is 2. The molecular formula is C23H39N5. The quantitative estimate of drug-likeness (QED) is 0.533. The predicted molar refractivity (Wildman–Crippen MR) is 119 cm³/mol. The van der Waals surface area contributed by atoms with Crippen LogP contribution in [-0.2, 0) is 6.54 Å². The summed E-state index contributed by atoms with van der Waals surface area (Å²) in [5.74, 6) is 1.00. The van der Waals surface area contributed by atoms with Gasteiger partial charge in [-0.15, -0.1) is 0 Å².